The Kier molecular flexibility index (Phi) is 4.50. The zero-order chi connectivity index (χ0) is 16.2. The number of amides is 1. The Morgan fingerprint density at radius 1 is 1.26 bits per heavy atom. The number of nitrogens with one attached hydrogen (secondary N) is 2. The molecule has 0 radical (unpaired) electrons. The Morgan fingerprint density at radius 3 is 2.87 bits per heavy atom. The van der Waals surface area contributed by atoms with Crippen molar-refractivity contribution in [2.75, 3.05) is 10.6 Å². The van der Waals surface area contributed by atoms with Gasteiger partial charge in [-0.1, -0.05) is 11.6 Å². The van der Waals surface area contributed by atoms with Gasteiger partial charge >= 0.3 is 0 Å². The summed E-state index contributed by atoms with van der Waals surface area (Å²) in [4.78, 5) is 20.3. The summed E-state index contributed by atoms with van der Waals surface area (Å²) in [5.74, 6) is -0.940. The van der Waals surface area contributed by atoms with E-state index >= 15 is 0 Å². The highest BCUT2D eigenvalue weighted by molar-refractivity contribution is 7.14. The molecule has 2 N–H and O–H groups in total. The monoisotopic (exact) mass is 348 g/mol. The first-order valence-corrected chi connectivity index (χ1v) is 7.76. The van der Waals surface area contributed by atoms with Gasteiger partial charge in [0.15, 0.2) is 5.13 Å². The van der Waals surface area contributed by atoms with Gasteiger partial charge in [0.2, 0.25) is 0 Å². The van der Waals surface area contributed by atoms with Crippen LogP contribution >= 0.6 is 22.9 Å². The summed E-state index contributed by atoms with van der Waals surface area (Å²) in [7, 11) is 0. The lowest BCUT2D eigenvalue weighted by molar-refractivity contribution is 0.102. The second-order valence-electron chi connectivity index (χ2n) is 4.49. The Balaban J connectivity index is 1.69. The van der Waals surface area contributed by atoms with E-state index in [1.54, 1.807) is 23.8 Å². The molecule has 0 unspecified atom stereocenters. The fourth-order valence-corrected chi connectivity index (χ4v) is 2.66. The molecule has 1 aromatic carbocycles. The van der Waals surface area contributed by atoms with E-state index in [1.807, 2.05) is 6.07 Å². The van der Waals surface area contributed by atoms with Crippen LogP contribution in [0.2, 0.25) is 5.02 Å². The van der Waals surface area contributed by atoms with Crippen molar-refractivity contribution < 1.29 is 9.18 Å². The maximum absolute atomic E-state index is 13.1. The molecule has 0 spiro atoms. The highest BCUT2D eigenvalue weighted by atomic mass is 35.5. The lowest BCUT2D eigenvalue weighted by atomic mass is 10.3. The van der Waals surface area contributed by atoms with Gasteiger partial charge in [-0.05, 0) is 30.3 Å². The summed E-state index contributed by atoms with van der Waals surface area (Å²) in [6, 6.07) is 7.60. The van der Waals surface area contributed by atoms with Crippen LogP contribution in [0.5, 0.6) is 0 Å². The number of benzene rings is 1. The molecule has 0 saturated heterocycles. The number of carbonyl (C=O) groups excluding carboxylic acids is 1. The first-order chi connectivity index (χ1) is 11.1. The van der Waals surface area contributed by atoms with Crippen molar-refractivity contribution in [3.63, 3.8) is 0 Å². The topological polar surface area (TPSA) is 66.9 Å². The molecule has 2 aromatic heterocycles. The van der Waals surface area contributed by atoms with E-state index in [-0.39, 0.29) is 10.7 Å². The largest absolute Gasteiger partial charge is 0.330 e. The van der Waals surface area contributed by atoms with E-state index in [2.05, 4.69) is 20.6 Å². The third kappa shape index (κ3) is 3.82. The number of thiazole rings is 1. The molecule has 0 saturated carbocycles. The van der Waals surface area contributed by atoms with Crippen molar-refractivity contribution in [3.05, 3.63) is 64.6 Å². The Morgan fingerprint density at radius 2 is 2.13 bits per heavy atom. The number of anilines is 3. The third-order valence-electron chi connectivity index (χ3n) is 2.83. The highest BCUT2D eigenvalue weighted by Gasteiger charge is 2.12. The summed E-state index contributed by atoms with van der Waals surface area (Å²) in [5, 5.41) is 7.81. The van der Waals surface area contributed by atoms with Crippen LogP contribution in [0.3, 0.4) is 0 Å². The third-order valence-corrected chi connectivity index (χ3v) is 3.87. The Labute approximate surface area is 140 Å². The highest BCUT2D eigenvalue weighted by Crippen LogP contribution is 2.22. The lowest BCUT2D eigenvalue weighted by Crippen LogP contribution is -2.12. The number of carbonyl (C=O) groups is 1. The number of pyridine rings is 1. The second kappa shape index (κ2) is 6.72. The molecule has 0 aliphatic rings. The minimum Gasteiger partial charge on any atom is -0.330 e. The molecule has 1 amide bonds. The average Bonchev–Trinajstić information content (AvgIpc) is 3.00. The van der Waals surface area contributed by atoms with Crippen LogP contribution in [0.1, 0.15) is 10.5 Å². The van der Waals surface area contributed by atoms with Gasteiger partial charge in [-0.15, -0.1) is 11.3 Å². The summed E-state index contributed by atoms with van der Waals surface area (Å²) in [5.41, 5.74) is 1.43. The number of hydrogen-bond donors (Lipinski definition) is 2. The summed E-state index contributed by atoms with van der Waals surface area (Å²) < 4.78 is 13.1. The van der Waals surface area contributed by atoms with E-state index < -0.39 is 11.7 Å². The number of nitrogens with zero attached hydrogens (tertiary/aromatic N) is 2. The molecule has 116 valence electrons. The van der Waals surface area contributed by atoms with Gasteiger partial charge in [-0.25, -0.2) is 9.37 Å². The van der Waals surface area contributed by atoms with Crippen molar-refractivity contribution in [3.8, 4) is 0 Å². The van der Waals surface area contributed by atoms with Crippen LogP contribution in [0.4, 0.5) is 20.9 Å². The zero-order valence-corrected chi connectivity index (χ0v) is 13.2. The average molecular weight is 349 g/mol. The molecule has 5 nitrogen and oxygen atoms in total. The number of hydrogen-bond acceptors (Lipinski definition) is 5. The van der Waals surface area contributed by atoms with Crippen LogP contribution in [-0.2, 0) is 0 Å². The molecule has 0 atom stereocenters. The van der Waals surface area contributed by atoms with E-state index in [0.29, 0.717) is 10.8 Å². The van der Waals surface area contributed by atoms with Crippen molar-refractivity contribution in [2.45, 2.75) is 0 Å². The first kappa shape index (κ1) is 15.4. The predicted octanol–water partition coefficient (Wildman–Crippen LogP) is 4.33. The van der Waals surface area contributed by atoms with Crippen molar-refractivity contribution in [1.29, 1.82) is 0 Å². The van der Waals surface area contributed by atoms with Gasteiger partial charge in [-0.3, -0.25) is 9.78 Å². The van der Waals surface area contributed by atoms with Gasteiger partial charge in [0.05, 0.1) is 16.9 Å². The van der Waals surface area contributed by atoms with Crippen LogP contribution < -0.4 is 10.6 Å². The Hall–Kier alpha value is -2.51. The van der Waals surface area contributed by atoms with Gasteiger partial charge < -0.3 is 10.6 Å². The van der Waals surface area contributed by atoms with Crippen LogP contribution in [-0.4, -0.2) is 15.9 Å². The fraction of sp³-hybridized carbons (Fsp3) is 0. The van der Waals surface area contributed by atoms with Gasteiger partial charge in [0, 0.05) is 17.3 Å². The lowest BCUT2D eigenvalue weighted by Gasteiger charge is -2.04. The van der Waals surface area contributed by atoms with E-state index in [4.69, 9.17) is 11.6 Å². The molecule has 3 aromatic rings. The minimum atomic E-state index is -0.540. The standard InChI is InChI=1S/C15H10ClFN4OS/c16-11-6-9(3-4-12(11)17)19-14(22)13-8-23-15(21-13)20-10-2-1-5-18-7-10/h1-8H,(H,19,22)(H,20,21). The number of aromatic nitrogens is 2. The molecular formula is C15H10ClFN4OS. The van der Waals surface area contributed by atoms with E-state index in [0.717, 1.165) is 5.69 Å². The maximum Gasteiger partial charge on any atom is 0.275 e. The SMILES string of the molecule is O=C(Nc1ccc(F)c(Cl)c1)c1csc(Nc2cccnc2)n1. The zero-order valence-electron chi connectivity index (χ0n) is 11.6. The number of halogens is 2. The normalized spacial score (nSPS) is 10.3. The quantitative estimate of drug-likeness (QED) is 0.736. The molecule has 3 rings (SSSR count). The number of rotatable bonds is 4. The molecule has 8 heteroatoms. The second-order valence-corrected chi connectivity index (χ2v) is 5.75. The summed E-state index contributed by atoms with van der Waals surface area (Å²) in [6.07, 6.45) is 3.32. The Bertz CT molecular complexity index is 841. The molecule has 0 bridgehead atoms. The predicted molar refractivity (Wildman–Crippen MR) is 89.0 cm³/mol. The summed E-state index contributed by atoms with van der Waals surface area (Å²) in [6.45, 7) is 0. The first-order valence-electron chi connectivity index (χ1n) is 6.51. The maximum atomic E-state index is 13.1. The van der Waals surface area contributed by atoms with Crippen LogP contribution in [0, 0.1) is 5.82 Å². The molecule has 0 fully saturated rings. The van der Waals surface area contributed by atoms with Crippen molar-refractivity contribution >= 4 is 45.4 Å². The molecule has 23 heavy (non-hydrogen) atoms. The smallest absolute Gasteiger partial charge is 0.275 e. The molecule has 0 aliphatic heterocycles. The van der Waals surface area contributed by atoms with Crippen LogP contribution in [0.25, 0.3) is 0 Å². The molecule has 2 heterocycles. The van der Waals surface area contributed by atoms with Gasteiger partial charge in [-0.2, -0.15) is 0 Å². The summed E-state index contributed by atoms with van der Waals surface area (Å²) >= 11 is 6.97. The van der Waals surface area contributed by atoms with Gasteiger partial charge in [0.25, 0.3) is 5.91 Å². The minimum absolute atomic E-state index is 0.0555. The van der Waals surface area contributed by atoms with Crippen molar-refractivity contribution in [1.82, 2.24) is 9.97 Å². The van der Waals surface area contributed by atoms with E-state index in [1.165, 1.54) is 29.5 Å². The molecular weight excluding hydrogens is 339 g/mol. The fourth-order valence-electron chi connectivity index (χ4n) is 1.76. The van der Waals surface area contributed by atoms with E-state index in [9.17, 15) is 9.18 Å². The van der Waals surface area contributed by atoms with Gasteiger partial charge in [0.1, 0.15) is 11.5 Å². The van der Waals surface area contributed by atoms with Crippen molar-refractivity contribution in [2.24, 2.45) is 0 Å². The molecule has 0 aliphatic carbocycles. The van der Waals surface area contributed by atoms with Crippen LogP contribution in [0.15, 0.2) is 48.1 Å².